The summed E-state index contributed by atoms with van der Waals surface area (Å²) in [4.78, 5) is 14.8. The van der Waals surface area contributed by atoms with Crippen LogP contribution in [0.1, 0.15) is 29.6 Å². The number of rotatable bonds is 1. The second kappa shape index (κ2) is 5.63. The van der Waals surface area contributed by atoms with Crippen LogP contribution < -0.4 is 9.47 Å². The molecule has 0 N–H and O–H groups in total. The molecule has 0 spiro atoms. The summed E-state index contributed by atoms with van der Waals surface area (Å²) < 4.78 is 16.8. The van der Waals surface area contributed by atoms with Crippen molar-refractivity contribution in [2.45, 2.75) is 31.4 Å². The van der Waals surface area contributed by atoms with Crippen molar-refractivity contribution in [3.8, 4) is 11.5 Å². The van der Waals surface area contributed by atoms with Gasteiger partial charge in [0.1, 0.15) is 13.2 Å². The maximum atomic E-state index is 12.9. The van der Waals surface area contributed by atoms with Gasteiger partial charge in [-0.2, -0.15) is 0 Å². The van der Waals surface area contributed by atoms with Crippen molar-refractivity contribution in [3.05, 3.63) is 22.7 Å². The van der Waals surface area contributed by atoms with Crippen LogP contribution in [0.4, 0.5) is 0 Å². The van der Waals surface area contributed by atoms with Gasteiger partial charge in [-0.05, 0) is 31.4 Å². The fraction of sp³-hybridized carbons (Fsp3) is 0.562. The van der Waals surface area contributed by atoms with Crippen molar-refractivity contribution in [3.63, 3.8) is 0 Å². The highest BCUT2D eigenvalue weighted by atomic mass is 35.5. The van der Waals surface area contributed by atoms with Crippen LogP contribution in [0.3, 0.4) is 0 Å². The maximum absolute atomic E-state index is 12.9. The fourth-order valence-corrected chi connectivity index (χ4v) is 3.84. The summed E-state index contributed by atoms with van der Waals surface area (Å²) in [6.45, 7) is 2.19. The summed E-state index contributed by atoms with van der Waals surface area (Å²) in [6, 6.07) is 3.60. The van der Waals surface area contributed by atoms with Gasteiger partial charge >= 0.3 is 0 Å². The van der Waals surface area contributed by atoms with Crippen LogP contribution in [0.15, 0.2) is 12.1 Å². The zero-order valence-electron chi connectivity index (χ0n) is 12.2. The summed E-state index contributed by atoms with van der Waals surface area (Å²) in [5.74, 6) is 1.09. The smallest absolute Gasteiger partial charge is 0.254 e. The first-order chi connectivity index (χ1) is 10.7. The predicted molar refractivity (Wildman–Crippen MR) is 80.9 cm³/mol. The van der Waals surface area contributed by atoms with Crippen LogP contribution in [0.5, 0.6) is 11.5 Å². The number of halogens is 1. The van der Waals surface area contributed by atoms with E-state index in [2.05, 4.69) is 0 Å². The molecule has 2 fully saturated rings. The van der Waals surface area contributed by atoms with Crippen molar-refractivity contribution < 1.29 is 19.0 Å². The molecule has 1 aliphatic carbocycles. The van der Waals surface area contributed by atoms with Crippen molar-refractivity contribution in [2.24, 2.45) is 0 Å². The lowest BCUT2D eigenvalue weighted by molar-refractivity contribution is -0.0445. The summed E-state index contributed by atoms with van der Waals surface area (Å²) in [5, 5.41) is 0.428. The van der Waals surface area contributed by atoms with Crippen molar-refractivity contribution in [1.82, 2.24) is 4.90 Å². The van der Waals surface area contributed by atoms with Gasteiger partial charge in [0.05, 0.1) is 23.8 Å². The van der Waals surface area contributed by atoms with Crippen LogP contribution in [0.25, 0.3) is 0 Å². The number of hydrogen-bond donors (Lipinski definition) is 0. The Hall–Kier alpha value is -1.46. The molecule has 0 bridgehead atoms. The van der Waals surface area contributed by atoms with Gasteiger partial charge in [-0.1, -0.05) is 11.6 Å². The molecule has 3 aliphatic rings. The molecule has 22 heavy (non-hydrogen) atoms. The molecule has 5 nitrogen and oxygen atoms in total. The molecule has 1 aromatic carbocycles. The Labute approximate surface area is 134 Å². The van der Waals surface area contributed by atoms with E-state index < -0.39 is 0 Å². The summed E-state index contributed by atoms with van der Waals surface area (Å²) in [5.41, 5.74) is 0.557. The SMILES string of the molecule is O=C(c1cc(Cl)c2c(c1)OCCO2)N1CCOC2CCCC21. The molecule has 2 aliphatic heterocycles. The Kier molecular flexibility index (Phi) is 3.62. The van der Waals surface area contributed by atoms with Crippen LogP contribution in [-0.2, 0) is 4.74 Å². The standard InChI is InChI=1S/C16H18ClNO4/c17-11-8-10(9-14-15(11)22-7-6-21-14)16(19)18-4-5-20-13-3-1-2-12(13)18/h8-9,12-13H,1-7H2. The number of carbonyl (C=O) groups excluding carboxylic acids is 1. The first kappa shape index (κ1) is 14.2. The van der Waals surface area contributed by atoms with Gasteiger partial charge in [0, 0.05) is 12.1 Å². The van der Waals surface area contributed by atoms with Gasteiger partial charge in [-0.25, -0.2) is 0 Å². The topological polar surface area (TPSA) is 48.0 Å². The zero-order chi connectivity index (χ0) is 15.1. The average molecular weight is 324 g/mol. The molecule has 2 atom stereocenters. The highest BCUT2D eigenvalue weighted by Gasteiger charge is 2.39. The molecular weight excluding hydrogens is 306 g/mol. The minimum atomic E-state index is -0.000858. The molecule has 6 heteroatoms. The minimum Gasteiger partial charge on any atom is -0.486 e. The first-order valence-electron chi connectivity index (χ1n) is 7.76. The lowest BCUT2D eigenvalue weighted by Crippen LogP contribution is -2.51. The maximum Gasteiger partial charge on any atom is 0.254 e. The Morgan fingerprint density at radius 2 is 2.05 bits per heavy atom. The van der Waals surface area contributed by atoms with Crippen LogP contribution in [-0.4, -0.2) is 49.3 Å². The van der Waals surface area contributed by atoms with Gasteiger partial charge in [-0.3, -0.25) is 4.79 Å². The van der Waals surface area contributed by atoms with E-state index in [1.807, 2.05) is 4.90 Å². The molecule has 118 valence electrons. The average Bonchev–Trinajstić information content (AvgIpc) is 3.02. The van der Waals surface area contributed by atoms with Crippen LogP contribution in [0.2, 0.25) is 5.02 Å². The van der Waals surface area contributed by atoms with E-state index in [0.717, 1.165) is 19.3 Å². The van der Waals surface area contributed by atoms with Crippen molar-refractivity contribution in [1.29, 1.82) is 0 Å². The van der Waals surface area contributed by atoms with Gasteiger partial charge in [0.25, 0.3) is 5.91 Å². The molecule has 0 radical (unpaired) electrons. The van der Waals surface area contributed by atoms with Gasteiger partial charge < -0.3 is 19.1 Å². The Morgan fingerprint density at radius 1 is 1.18 bits per heavy atom. The summed E-state index contributed by atoms with van der Waals surface area (Å²) in [7, 11) is 0. The molecule has 4 rings (SSSR count). The second-order valence-electron chi connectivity index (χ2n) is 5.89. The highest BCUT2D eigenvalue weighted by Crippen LogP contribution is 2.39. The molecule has 1 amide bonds. The molecule has 1 saturated carbocycles. The lowest BCUT2D eigenvalue weighted by Gasteiger charge is -2.37. The zero-order valence-corrected chi connectivity index (χ0v) is 13.0. The van der Waals surface area contributed by atoms with E-state index in [1.54, 1.807) is 12.1 Å². The van der Waals surface area contributed by atoms with E-state index >= 15 is 0 Å². The van der Waals surface area contributed by atoms with Crippen molar-refractivity contribution >= 4 is 17.5 Å². The number of carbonyl (C=O) groups is 1. The summed E-state index contributed by atoms with van der Waals surface area (Å²) in [6.07, 6.45) is 3.34. The third-order valence-electron chi connectivity index (χ3n) is 4.59. The Morgan fingerprint density at radius 3 is 2.95 bits per heavy atom. The summed E-state index contributed by atoms with van der Waals surface area (Å²) >= 11 is 6.24. The Balaban J connectivity index is 1.63. The Bertz CT molecular complexity index is 606. The number of fused-ring (bicyclic) bond motifs is 2. The second-order valence-corrected chi connectivity index (χ2v) is 6.30. The minimum absolute atomic E-state index is 0.000858. The molecule has 1 aromatic rings. The van der Waals surface area contributed by atoms with E-state index in [0.29, 0.717) is 48.5 Å². The van der Waals surface area contributed by atoms with Gasteiger partial charge in [0.15, 0.2) is 11.5 Å². The third-order valence-corrected chi connectivity index (χ3v) is 4.87. The molecular formula is C16H18ClNO4. The first-order valence-corrected chi connectivity index (χ1v) is 8.13. The number of hydrogen-bond acceptors (Lipinski definition) is 4. The molecule has 2 heterocycles. The molecule has 0 aromatic heterocycles. The van der Waals surface area contributed by atoms with E-state index in [9.17, 15) is 4.79 Å². The quantitative estimate of drug-likeness (QED) is 0.796. The monoisotopic (exact) mass is 323 g/mol. The molecule has 1 saturated heterocycles. The van der Waals surface area contributed by atoms with Gasteiger partial charge in [-0.15, -0.1) is 0 Å². The van der Waals surface area contributed by atoms with Crippen LogP contribution in [0, 0.1) is 0 Å². The number of morpholine rings is 1. The van der Waals surface area contributed by atoms with Crippen molar-refractivity contribution in [2.75, 3.05) is 26.4 Å². The normalized spacial score (nSPS) is 26.7. The third kappa shape index (κ3) is 2.32. The lowest BCUT2D eigenvalue weighted by atomic mass is 10.1. The van der Waals surface area contributed by atoms with E-state index in [1.165, 1.54) is 0 Å². The van der Waals surface area contributed by atoms with E-state index in [4.69, 9.17) is 25.8 Å². The fourth-order valence-electron chi connectivity index (χ4n) is 3.58. The molecule has 2 unspecified atom stereocenters. The van der Waals surface area contributed by atoms with Crippen LogP contribution >= 0.6 is 11.6 Å². The largest absolute Gasteiger partial charge is 0.486 e. The number of benzene rings is 1. The number of nitrogens with zero attached hydrogens (tertiary/aromatic N) is 1. The highest BCUT2D eigenvalue weighted by molar-refractivity contribution is 6.32. The van der Waals surface area contributed by atoms with E-state index in [-0.39, 0.29) is 18.1 Å². The number of ether oxygens (including phenoxy) is 3. The number of amides is 1. The van der Waals surface area contributed by atoms with Gasteiger partial charge in [0.2, 0.25) is 0 Å². The predicted octanol–water partition coefficient (Wildman–Crippen LogP) is 2.50.